The monoisotopic (exact) mass is 346 g/mol. The van der Waals surface area contributed by atoms with Crippen LogP contribution in [-0.2, 0) is 0 Å². The Hall–Kier alpha value is -0.400. The van der Waals surface area contributed by atoms with Crippen molar-refractivity contribution >= 4 is 46.9 Å². The molecule has 20 heavy (non-hydrogen) atoms. The highest BCUT2D eigenvalue weighted by atomic mass is 35.5. The van der Waals surface area contributed by atoms with Gasteiger partial charge < -0.3 is 5.11 Å². The summed E-state index contributed by atoms with van der Waals surface area (Å²) in [6, 6.07) is 7.49. The Balaban J connectivity index is 1.99. The van der Waals surface area contributed by atoms with Crippen LogP contribution in [-0.4, -0.2) is 27.2 Å². The number of rotatable bonds is 7. The van der Waals surface area contributed by atoms with Gasteiger partial charge in [0.25, 0.3) is 0 Å². The number of aromatic nitrogens is 2. The summed E-state index contributed by atoms with van der Waals surface area (Å²) in [6.07, 6.45) is 3.00. The van der Waals surface area contributed by atoms with E-state index in [0.29, 0.717) is 5.02 Å². The highest BCUT2D eigenvalue weighted by Gasteiger charge is 2.06. The van der Waals surface area contributed by atoms with Crippen LogP contribution in [0.4, 0.5) is 0 Å². The Morgan fingerprint density at radius 2 is 2.00 bits per heavy atom. The third-order valence-electron chi connectivity index (χ3n) is 2.63. The van der Waals surface area contributed by atoms with E-state index in [1.807, 2.05) is 24.3 Å². The highest BCUT2D eigenvalue weighted by molar-refractivity contribution is 8.01. The molecular weight excluding hydrogens is 332 g/mol. The maximum Gasteiger partial charge on any atom is 0.184 e. The first-order chi connectivity index (χ1) is 9.70. The fraction of sp³-hybridized carbons (Fsp3) is 0.385. The normalized spacial score (nSPS) is 10.9. The van der Waals surface area contributed by atoms with Gasteiger partial charge in [-0.1, -0.05) is 41.1 Å². The minimum absolute atomic E-state index is 0.273. The number of nitrogens with zero attached hydrogens (tertiary/aromatic N) is 2. The topological polar surface area (TPSA) is 38.1 Å². The summed E-state index contributed by atoms with van der Waals surface area (Å²) in [5.74, 6) is 1.00. The van der Waals surface area contributed by atoms with Crippen molar-refractivity contribution in [3.63, 3.8) is 0 Å². The van der Waals surface area contributed by atoms with E-state index in [1.54, 1.807) is 16.4 Å². The maximum absolute atomic E-state index is 8.72. The molecule has 2 rings (SSSR count). The first kappa shape index (κ1) is 16.0. The van der Waals surface area contributed by atoms with Crippen LogP contribution in [0.1, 0.15) is 19.3 Å². The number of hydrogen-bond acceptors (Lipinski definition) is 5. The molecule has 0 aliphatic carbocycles. The quantitative estimate of drug-likeness (QED) is 0.452. The van der Waals surface area contributed by atoms with Crippen LogP contribution in [0.3, 0.4) is 0 Å². The molecule has 0 amide bonds. The first-order valence-corrected chi connectivity index (χ1v) is 8.89. The van der Waals surface area contributed by atoms with E-state index in [9.17, 15) is 0 Å². The van der Waals surface area contributed by atoms with Gasteiger partial charge in [-0.05, 0) is 49.3 Å². The van der Waals surface area contributed by atoms with Crippen molar-refractivity contribution in [3.05, 3.63) is 33.2 Å². The van der Waals surface area contributed by atoms with Gasteiger partial charge in [-0.2, -0.15) is 0 Å². The minimum atomic E-state index is 0.273. The third kappa shape index (κ3) is 4.56. The van der Waals surface area contributed by atoms with Gasteiger partial charge in [0.1, 0.15) is 0 Å². The molecule has 1 heterocycles. The molecule has 2 aromatic rings. The van der Waals surface area contributed by atoms with Gasteiger partial charge in [0, 0.05) is 17.4 Å². The molecule has 0 saturated carbocycles. The largest absolute Gasteiger partial charge is 0.396 e. The van der Waals surface area contributed by atoms with Crippen LogP contribution in [0.5, 0.6) is 0 Å². The van der Waals surface area contributed by atoms with E-state index >= 15 is 0 Å². The number of aliphatic hydroxyl groups excluding tert-OH is 1. The summed E-state index contributed by atoms with van der Waals surface area (Å²) in [7, 11) is 0. The molecule has 0 fully saturated rings. The number of benzene rings is 1. The van der Waals surface area contributed by atoms with E-state index in [2.05, 4.69) is 5.10 Å². The van der Waals surface area contributed by atoms with Crippen LogP contribution in [0.25, 0.3) is 5.69 Å². The first-order valence-electron chi connectivity index (χ1n) is 6.30. The number of halogens is 1. The average Bonchev–Trinajstić information content (AvgIpc) is 2.81. The molecule has 108 valence electrons. The second-order valence-electron chi connectivity index (χ2n) is 4.15. The fourth-order valence-electron chi connectivity index (χ4n) is 1.61. The lowest BCUT2D eigenvalue weighted by molar-refractivity contribution is 0.284. The van der Waals surface area contributed by atoms with E-state index in [0.717, 1.165) is 39.0 Å². The molecule has 0 atom stereocenters. The molecule has 0 aliphatic heterocycles. The summed E-state index contributed by atoms with van der Waals surface area (Å²) in [4.78, 5) is 0. The van der Waals surface area contributed by atoms with Gasteiger partial charge in [0.05, 0.1) is 5.69 Å². The van der Waals surface area contributed by atoms with Crippen molar-refractivity contribution < 1.29 is 5.11 Å². The summed E-state index contributed by atoms with van der Waals surface area (Å²) >= 11 is 14.5. The number of thioether (sulfide) groups is 1. The lowest BCUT2D eigenvalue weighted by Crippen LogP contribution is -1.95. The lowest BCUT2D eigenvalue weighted by Gasteiger charge is -2.00. The second-order valence-corrected chi connectivity index (χ2v) is 7.56. The van der Waals surface area contributed by atoms with Crippen molar-refractivity contribution in [3.8, 4) is 5.69 Å². The van der Waals surface area contributed by atoms with E-state index in [-0.39, 0.29) is 6.61 Å². The molecular formula is C13H15ClN2OS3. The maximum atomic E-state index is 8.72. The summed E-state index contributed by atoms with van der Waals surface area (Å²) in [5, 5.41) is 14.0. The molecule has 0 saturated heterocycles. The lowest BCUT2D eigenvalue weighted by atomic mass is 10.3. The van der Waals surface area contributed by atoms with Gasteiger partial charge in [-0.15, -0.1) is 5.10 Å². The van der Waals surface area contributed by atoms with E-state index < -0.39 is 0 Å². The Kier molecular flexibility index (Phi) is 6.51. The van der Waals surface area contributed by atoms with Crippen molar-refractivity contribution in [2.45, 2.75) is 23.6 Å². The molecule has 1 aromatic heterocycles. The van der Waals surface area contributed by atoms with Crippen molar-refractivity contribution in [2.24, 2.45) is 0 Å². The van der Waals surface area contributed by atoms with E-state index in [1.165, 1.54) is 11.3 Å². The Morgan fingerprint density at radius 1 is 1.25 bits per heavy atom. The number of unbranched alkanes of at least 4 members (excludes halogenated alkanes) is 2. The van der Waals surface area contributed by atoms with Crippen LogP contribution < -0.4 is 0 Å². The molecule has 0 aliphatic rings. The van der Waals surface area contributed by atoms with Crippen LogP contribution >= 0.6 is 46.9 Å². The van der Waals surface area contributed by atoms with E-state index in [4.69, 9.17) is 28.9 Å². The molecule has 1 N–H and O–H groups in total. The zero-order valence-corrected chi connectivity index (χ0v) is 14.0. The SMILES string of the molecule is OCCCCCSc1nn(-c2ccc(Cl)cc2)c(=S)s1. The predicted molar refractivity (Wildman–Crippen MR) is 88.9 cm³/mol. The van der Waals surface area contributed by atoms with Crippen LogP contribution in [0.2, 0.25) is 5.02 Å². The van der Waals surface area contributed by atoms with Crippen molar-refractivity contribution in [1.29, 1.82) is 0 Å². The third-order valence-corrected chi connectivity index (χ3v) is 5.33. The van der Waals surface area contributed by atoms with Gasteiger partial charge >= 0.3 is 0 Å². The van der Waals surface area contributed by atoms with Gasteiger partial charge in [0.2, 0.25) is 0 Å². The minimum Gasteiger partial charge on any atom is -0.396 e. The molecule has 7 heteroatoms. The molecule has 1 aromatic carbocycles. The number of aliphatic hydroxyl groups is 1. The van der Waals surface area contributed by atoms with Gasteiger partial charge in [-0.25, -0.2) is 4.68 Å². The zero-order valence-electron chi connectivity index (χ0n) is 10.8. The smallest absolute Gasteiger partial charge is 0.184 e. The summed E-state index contributed by atoms with van der Waals surface area (Å²) < 4.78 is 3.49. The van der Waals surface area contributed by atoms with Crippen LogP contribution in [0, 0.1) is 3.95 Å². The zero-order chi connectivity index (χ0) is 14.4. The highest BCUT2D eigenvalue weighted by Crippen LogP contribution is 2.25. The average molecular weight is 347 g/mol. The van der Waals surface area contributed by atoms with Crippen molar-refractivity contribution in [1.82, 2.24) is 9.78 Å². The molecule has 0 bridgehead atoms. The molecule has 0 unspecified atom stereocenters. The molecule has 0 radical (unpaired) electrons. The summed E-state index contributed by atoms with van der Waals surface area (Å²) in [6.45, 7) is 0.273. The van der Waals surface area contributed by atoms with Gasteiger partial charge in [0.15, 0.2) is 8.29 Å². The van der Waals surface area contributed by atoms with Crippen molar-refractivity contribution in [2.75, 3.05) is 12.4 Å². The Labute approximate surface area is 136 Å². The standard InChI is InChI=1S/C13H15ClN2OS3/c14-10-4-6-11(7-5-10)16-13(18)20-12(15-16)19-9-3-1-2-8-17/h4-7,17H,1-3,8-9H2. The fourth-order valence-corrected chi connectivity index (χ4v) is 4.17. The number of hydrogen-bond donors (Lipinski definition) is 1. The molecule has 3 nitrogen and oxygen atoms in total. The van der Waals surface area contributed by atoms with Crippen LogP contribution in [0.15, 0.2) is 28.6 Å². The van der Waals surface area contributed by atoms with Gasteiger partial charge in [-0.3, -0.25) is 0 Å². The Bertz CT molecular complexity index is 594. The molecule has 0 spiro atoms. The predicted octanol–water partition coefficient (Wildman–Crippen LogP) is 4.57. The second kappa shape index (κ2) is 8.14. The summed E-state index contributed by atoms with van der Waals surface area (Å²) in [5.41, 5.74) is 0.933. The Morgan fingerprint density at radius 3 is 2.70 bits per heavy atom.